The van der Waals surface area contributed by atoms with Crippen molar-refractivity contribution in [2.24, 2.45) is 0 Å². The Labute approximate surface area is 237 Å². The molecule has 0 spiro atoms. The van der Waals surface area contributed by atoms with Gasteiger partial charge in [0.25, 0.3) is 0 Å². The lowest BCUT2D eigenvalue weighted by Crippen LogP contribution is -2.41. The van der Waals surface area contributed by atoms with Gasteiger partial charge in [0.2, 0.25) is 0 Å². The molecule has 1 atom stereocenters. The van der Waals surface area contributed by atoms with Crippen LogP contribution in [0, 0.1) is 0 Å². The van der Waals surface area contributed by atoms with E-state index in [0.717, 1.165) is 12.8 Å². The first-order valence-electron chi connectivity index (χ1n) is 13.7. The quantitative estimate of drug-likeness (QED) is 0.117. The largest absolute Gasteiger partial charge is 0.514 e. The van der Waals surface area contributed by atoms with Crippen LogP contribution < -0.4 is 14.8 Å². The van der Waals surface area contributed by atoms with Crippen molar-refractivity contribution in [2.75, 3.05) is 20.3 Å². The first-order chi connectivity index (χ1) is 18.8. The molecule has 1 aromatic rings. The highest BCUT2D eigenvalue weighted by Gasteiger charge is 2.27. The van der Waals surface area contributed by atoms with Gasteiger partial charge in [0.05, 0.1) is 7.11 Å². The Kier molecular flexibility index (Phi) is 14.5. The second-order valence-corrected chi connectivity index (χ2v) is 10.5. The summed E-state index contributed by atoms with van der Waals surface area (Å²) in [7, 11) is 1.27. The van der Waals surface area contributed by atoms with E-state index in [1.165, 1.54) is 19.2 Å². The number of hydrogen-bond donors (Lipinski definition) is 1. The molecule has 0 saturated carbocycles. The van der Waals surface area contributed by atoms with Crippen LogP contribution in [0.2, 0.25) is 0 Å². The lowest BCUT2D eigenvalue weighted by molar-refractivity contribution is -0.144. The van der Waals surface area contributed by atoms with Crippen molar-refractivity contribution >= 4 is 24.2 Å². The minimum Gasteiger partial charge on any atom is -0.468 e. The normalized spacial score (nSPS) is 12.2. The number of hydrogen-bond acceptors (Lipinski definition) is 11. The number of rotatable bonds is 16. The van der Waals surface area contributed by atoms with Crippen LogP contribution in [0.15, 0.2) is 18.2 Å². The molecular formula is C29H45NO10. The molecule has 1 N–H and O–H groups in total. The lowest BCUT2D eigenvalue weighted by atomic mass is 10.1. The lowest BCUT2D eigenvalue weighted by Gasteiger charge is -2.24. The maximum absolute atomic E-state index is 12.5. The van der Waals surface area contributed by atoms with E-state index in [1.807, 2.05) is 20.8 Å². The van der Waals surface area contributed by atoms with Gasteiger partial charge in [-0.1, -0.05) is 33.3 Å². The van der Waals surface area contributed by atoms with Crippen molar-refractivity contribution in [3.05, 3.63) is 23.8 Å². The molecule has 40 heavy (non-hydrogen) atoms. The van der Waals surface area contributed by atoms with E-state index < -0.39 is 35.5 Å². The number of carbonyl (C=O) groups is 4. The Morgan fingerprint density at radius 1 is 0.875 bits per heavy atom. The molecule has 0 aliphatic rings. The molecule has 0 amide bonds. The van der Waals surface area contributed by atoms with Crippen molar-refractivity contribution < 1.29 is 47.6 Å². The van der Waals surface area contributed by atoms with E-state index in [1.54, 1.807) is 33.8 Å². The van der Waals surface area contributed by atoms with Gasteiger partial charge < -0.3 is 33.7 Å². The Balaban J connectivity index is 3.09. The zero-order chi connectivity index (χ0) is 30.3. The Hall–Kier alpha value is -3.34. The van der Waals surface area contributed by atoms with Crippen molar-refractivity contribution in [1.82, 2.24) is 5.32 Å². The first kappa shape index (κ1) is 34.7. The summed E-state index contributed by atoms with van der Waals surface area (Å²) in [6, 6.07) is 3.73. The summed E-state index contributed by atoms with van der Waals surface area (Å²) in [5, 5.41) is 3.02. The molecule has 0 heterocycles. The van der Waals surface area contributed by atoms with E-state index in [2.05, 4.69) is 5.32 Å². The summed E-state index contributed by atoms with van der Waals surface area (Å²) < 4.78 is 31.6. The Bertz CT molecular complexity index is 989. The summed E-state index contributed by atoms with van der Waals surface area (Å²) >= 11 is 0. The Morgan fingerprint density at radius 3 is 1.98 bits per heavy atom. The second kappa shape index (κ2) is 16.7. The van der Waals surface area contributed by atoms with Crippen molar-refractivity contribution in [2.45, 2.75) is 104 Å². The van der Waals surface area contributed by atoms with E-state index in [4.69, 9.17) is 28.4 Å². The molecular weight excluding hydrogens is 522 g/mol. The molecule has 11 nitrogen and oxygen atoms in total. The van der Waals surface area contributed by atoms with Gasteiger partial charge in [-0.25, -0.2) is 9.59 Å². The molecule has 226 valence electrons. The Morgan fingerprint density at radius 2 is 1.45 bits per heavy atom. The van der Waals surface area contributed by atoms with Crippen molar-refractivity contribution in [3.8, 4) is 11.5 Å². The fourth-order valence-corrected chi connectivity index (χ4v) is 3.07. The molecule has 0 saturated heterocycles. The molecule has 0 aliphatic carbocycles. The summed E-state index contributed by atoms with van der Waals surface area (Å²) in [5.74, 6) is -0.980. The zero-order valence-electron chi connectivity index (χ0n) is 25.0. The summed E-state index contributed by atoms with van der Waals surface area (Å²) in [5.41, 5.74) is -0.971. The smallest absolute Gasteiger partial charge is 0.468 e. The number of esters is 2. The summed E-state index contributed by atoms with van der Waals surface area (Å²) in [4.78, 5) is 49.1. The van der Waals surface area contributed by atoms with E-state index >= 15 is 0 Å². The predicted octanol–water partition coefficient (Wildman–Crippen LogP) is 5.50. The molecule has 0 unspecified atom stereocenters. The van der Waals surface area contributed by atoms with Crippen molar-refractivity contribution in [3.63, 3.8) is 0 Å². The molecule has 0 bridgehead atoms. The maximum atomic E-state index is 12.5. The fraction of sp³-hybridized carbons (Fsp3) is 0.655. The highest BCUT2D eigenvalue weighted by Crippen LogP contribution is 2.31. The standard InChI is InChI=1S/C29H45NO10/c1-9-12-13-24(31)36-17-16-30-21(25(32)35-8)18-20-14-15-22(37-26(33)39-28(4,5)10-2)23(19-20)38-27(34)40-29(6,7)11-3/h14-15,19,21,30H,9-13,16-18H2,1-8H3/t21-/m0/s1. The van der Waals surface area contributed by atoms with Gasteiger partial charge in [-0.3, -0.25) is 9.59 Å². The number of unbranched alkanes of at least 4 members (excludes halogenated alkanes) is 1. The third-order valence-corrected chi connectivity index (χ3v) is 6.23. The molecule has 0 aliphatic heterocycles. The molecule has 0 fully saturated rings. The molecule has 11 heteroatoms. The van der Waals surface area contributed by atoms with Crippen LogP contribution in [0.4, 0.5) is 9.59 Å². The fourth-order valence-electron chi connectivity index (χ4n) is 3.07. The highest BCUT2D eigenvalue weighted by atomic mass is 16.8. The number of benzene rings is 1. The van der Waals surface area contributed by atoms with Crippen LogP contribution >= 0.6 is 0 Å². The van der Waals surface area contributed by atoms with Crippen LogP contribution in [0.3, 0.4) is 0 Å². The minimum absolute atomic E-state index is 0.0616. The van der Waals surface area contributed by atoms with Crippen LogP contribution in [0.25, 0.3) is 0 Å². The van der Waals surface area contributed by atoms with E-state index in [0.29, 0.717) is 24.8 Å². The number of methoxy groups -OCH3 is 1. The van der Waals surface area contributed by atoms with Gasteiger partial charge in [0.15, 0.2) is 11.5 Å². The number of ether oxygens (including phenoxy) is 6. The van der Waals surface area contributed by atoms with Gasteiger partial charge >= 0.3 is 24.2 Å². The van der Waals surface area contributed by atoms with Crippen LogP contribution in [-0.2, 0) is 35.0 Å². The predicted molar refractivity (Wildman–Crippen MR) is 147 cm³/mol. The SMILES string of the molecule is CCCCC(=O)OCCN[C@@H](Cc1ccc(OC(=O)OC(C)(C)CC)c(OC(=O)OC(C)(C)CC)c1)C(=O)OC. The second-order valence-electron chi connectivity index (χ2n) is 10.5. The van der Waals surface area contributed by atoms with Gasteiger partial charge in [0, 0.05) is 13.0 Å². The van der Waals surface area contributed by atoms with Crippen LogP contribution in [0.5, 0.6) is 11.5 Å². The third kappa shape index (κ3) is 13.1. The molecule has 0 aromatic heterocycles. The summed E-state index contributed by atoms with van der Waals surface area (Å²) in [6.07, 6.45) is 1.27. The average Bonchev–Trinajstić information content (AvgIpc) is 2.89. The molecule has 1 aromatic carbocycles. The van der Waals surface area contributed by atoms with Crippen LogP contribution in [-0.4, -0.2) is 61.8 Å². The minimum atomic E-state index is -0.983. The van der Waals surface area contributed by atoms with Gasteiger partial charge in [-0.2, -0.15) is 0 Å². The molecule has 0 radical (unpaired) electrons. The van der Waals surface area contributed by atoms with Crippen molar-refractivity contribution in [1.29, 1.82) is 0 Å². The monoisotopic (exact) mass is 567 g/mol. The first-order valence-corrected chi connectivity index (χ1v) is 13.7. The van der Waals surface area contributed by atoms with Gasteiger partial charge in [-0.05, 0) is 71.1 Å². The van der Waals surface area contributed by atoms with Gasteiger partial charge in [-0.15, -0.1) is 0 Å². The number of nitrogens with one attached hydrogen (secondary N) is 1. The molecule has 1 rings (SSSR count). The summed E-state index contributed by atoms with van der Waals surface area (Å²) in [6.45, 7) is 13.0. The van der Waals surface area contributed by atoms with Gasteiger partial charge in [0.1, 0.15) is 23.9 Å². The van der Waals surface area contributed by atoms with E-state index in [-0.39, 0.29) is 37.0 Å². The zero-order valence-corrected chi connectivity index (χ0v) is 25.0. The topological polar surface area (TPSA) is 136 Å². The van der Waals surface area contributed by atoms with E-state index in [9.17, 15) is 19.2 Å². The third-order valence-electron chi connectivity index (χ3n) is 6.23. The highest BCUT2D eigenvalue weighted by molar-refractivity contribution is 5.76. The average molecular weight is 568 g/mol. The van der Waals surface area contributed by atoms with Crippen LogP contribution in [0.1, 0.15) is 86.1 Å². The number of carbonyl (C=O) groups excluding carboxylic acids is 4. The maximum Gasteiger partial charge on any atom is 0.514 e.